The molecule has 0 radical (unpaired) electrons. The molecule has 1 unspecified atom stereocenters. The summed E-state index contributed by atoms with van der Waals surface area (Å²) < 4.78 is 5.27. The number of hydrogen-bond donors (Lipinski definition) is 3. The molecule has 2 heterocycles. The van der Waals surface area contributed by atoms with Crippen LogP contribution in [-0.2, 0) is 16.0 Å². The first-order chi connectivity index (χ1) is 9.61. The van der Waals surface area contributed by atoms with Crippen LogP contribution in [0.2, 0.25) is 0 Å². The predicted molar refractivity (Wildman–Crippen MR) is 81.4 cm³/mol. The van der Waals surface area contributed by atoms with E-state index < -0.39 is 12.0 Å². The summed E-state index contributed by atoms with van der Waals surface area (Å²) in [7, 11) is 0. The lowest BCUT2D eigenvalue weighted by Gasteiger charge is -2.28. The maximum absolute atomic E-state index is 12.1. The second-order valence-electron chi connectivity index (χ2n) is 4.39. The molecule has 0 aliphatic carbocycles. The fourth-order valence-corrected chi connectivity index (χ4v) is 2.97. The van der Waals surface area contributed by atoms with Crippen molar-refractivity contribution in [1.29, 1.82) is 0 Å². The average molecular weight is 312 g/mol. The minimum atomic E-state index is -0.516. The van der Waals surface area contributed by atoms with Crippen molar-refractivity contribution >= 4 is 34.6 Å². The zero-order valence-corrected chi connectivity index (χ0v) is 12.6. The van der Waals surface area contributed by atoms with E-state index in [4.69, 9.17) is 17.0 Å². The lowest BCUT2D eigenvalue weighted by atomic mass is 10.0. The minimum absolute atomic E-state index is 0.214. The predicted octanol–water partition coefficient (Wildman–Crippen LogP) is 0.946. The molecule has 1 aromatic heterocycles. The average Bonchev–Trinajstić information content (AvgIpc) is 2.90. The number of ether oxygens (including phenoxy) is 1. The lowest BCUT2D eigenvalue weighted by Crippen LogP contribution is -2.51. The van der Waals surface area contributed by atoms with Crippen LogP contribution in [0.5, 0.6) is 0 Å². The lowest BCUT2D eigenvalue weighted by molar-refractivity contribution is -0.139. The molecule has 0 spiro atoms. The van der Waals surface area contributed by atoms with Gasteiger partial charge < -0.3 is 20.5 Å². The van der Waals surface area contributed by atoms with E-state index in [0.717, 1.165) is 5.56 Å². The molecular weight excluding hydrogens is 296 g/mol. The van der Waals surface area contributed by atoms with Crippen LogP contribution in [0, 0.1) is 0 Å². The van der Waals surface area contributed by atoms with Crippen LogP contribution in [0.25, 0.3) is 0 Å². The largest absolute Gasteiger partial charge is 0.462 e. The van der Waals surface area contributed by atoms with Crippen molar-refractivity contribution in [3.05, 3.63) is 33.7 Å². The van der Waals surface area contributed by atoms with Gasteiger partial charge in [-0.05, 0) is 41.5 Å². The van der Waals surface area contributed by atoms with Gasteiger partial charge in [-0.2, -0.15) is 11.3 Å². The Bertz CT molecular complexity index is 526. The van der Waals surface area contributed by atoms with Crippen molar-refractivity contribution < 1.29 is 14.6 Å². The second-order valence-corrected chi connectivity index (χ2v) is 5.58. The summed E-state index contributed by atoms with van der Waals surface area (Å²) in [4.78, 5) is 12.1. The molecule has 2 rings (SSSR count). The number of thiocarbonyl (C=S) groups is 1. The number of carbonyl (C=O) groups excluding carboxylic acids is 1. The molecule has 0 saturated heterocycles. The van der Waals surface area contributed by atoms with Gasteiger partial charge in [-0.3, -0.25) is 0 Å². The van der Waals surface area contributed by atoms with E-state index >= 15 is 0 Å². The molecule has 5 nitrogen and oxygen atoms in total. The molecule has 7 heteroatoms. The molecule has 0 bridgehead atoms. The third-order valence-corrected chi connectivity index (χ3v) is 3.92. The molecule has 1 aromatic rings. The molecule has 20 heavy (non-hydrogen) atoms. The van der Waals surface area contributed by atoms with Gasteiger partial charge in [0.15, 0.2) is 5.11 Å². The smallest absolute Gasteiger partial charge is 0.337 e. The Hall–Kier alpha value is -1.44. The molecular formula is C13H16N2O3S2. The highest BCUT2D eigenvalue weighted by Crippen LogP contribution is 2.14. The Labute approximate surface area is 126 Å². The normalized spacial score (nSPS) is 18.5. The van der Waals surface area contributed by atoms with Crippen molar-refractivity contribution in [2.45, 2.75) is 19.4 Å². The quantitative estimate of drug-likeness (QED) is 0.555. The number of hydrogen-bond acceptors (Lipinski definition) is 5. The van der Waals surface area contributed by atoms with Crippen molar-refractivity contribution in [2.24, 2.45) is 0 Å². The highest BCUT2D eigenvalue weighted by molar-refractivity contribution is 7.80. The Kier molecular flexibility index (Phi) is 5.11. The molecule has 1 aliphatic rings. The van der Waals surface area contributed by atoms with Gasteiger partial charge in [0.2, 0.25) is 0 Å². The van der Waals surface area contributed by atoms with E-state index in [2.05, 4.69) is 10.6 Å². The van der Waals surface area contributed by atoms with Crippen molar-refractivity contribution in [3.8, 4) is 0 Å². The Morgan fingerprint density at radius 1 is 1.60 bits per heavy atom. The zero-order valence-electron chi connectivity index (χ0n) is 11.0. The van der Waals surface area contributed by atoms with E-state index in [9.17, 15) is 9.90 Å². The molecule has 3 N–H and O–H groups in total. The molecule has 108 valence electrons. The van der Waals surface area contributed by atoms with Crippen LogP contribution < -0.4 is 10.6 Å². The molecule has 0 amide bonds. The summed E-state index contributed by atoms with van der Waals surface area (Å²) in [6.45, 7) is 1.84. The van der Waals surface area contributed by atoms with Gasteiger partial charge in [0, 0.05) is 12.1 Å². The summed E-state index contributed by atoms with van der Waals surface area (Å²) in [6.07, 6.45) is 0.685. The fourth-order valence-electron chi connectivity index (χ4n) is 1.97. The number of thiophene rings is 1. The van der Waals surface area contributed by atoms with Gasteiger partial charge in [0.05, 0.1) is 24.8 Å². The standard InChI is InChI=1S/C13H16N2O3S2/c1-8-11(10(6-16)15-13(19)14-8)12(17)18-4-2-9-3-5-20-7-9/h3,5,7,10,16H,2,4,6H2,1H3,(H2,14,15,19). The van der Waals surface area contributed by atoms with Crippen molar-refractivity contribution in [3.63, 3.8) is 0 Å². The maximum Gasteiger partial charge on any atom is 0.337 e. The van der Waals surface area contributed by atoms with Gasteiger partial charge in [0.25, 0.3) is 0 Å². The van der Waals surface area contributed by atoms with Crippen LogP contribution in [0.3, 0.4) is 0 Å². The van der Waals surface area contributed by atoms with Crippen LogP contribution in [0.15, 0.2) is 28.1 Å². The third-order valence-electron chi connectivity index (χ3n) is 2.97. The molecule has 0 aromatic carbocycles. The SMILES string of the molecule is CC1=C(C(=O)OCCc2ccsc2)C(CO)NC(=S)N1. The summed E-state index contributed by atoms with van der Waals surface area (Å²) >= 11 is 6.60. The van der Waals surface area contributed by atoms with E-state index in [1.807, 2.05) is 16.8 Å². The molecule has 1 atom stereocenters. The zero-order chi connectivity index (χ0) is 14.5. The topological polar surface area (TPSA) is 70.6 Å². The van der Waals surface area contributed by atoms with Crippen molar-refractivity contribution in [1.82, 2.24) is 10.6 Å². The van der Waals surface area contributed by atoms with Gasteiger partial charge in [-0.15, -0.1) is 0 Å². The molecule has 1 aliphatic heterocycles. The van der Waals surface area contributed by atoms with Crippen LogP contribution >= 0.6 is 23.6 Å². The summed E-state index contributed by atoms with van der Waals surface area (Å²) in [5, 5.41) is 19.5. The van der Waals surface area contributed by atoms with Crippen molar-refractivity contribution in [2.75, 3.05) is 13.2 Å². The fraction of sp³-hybridized carbons (Fsp3) is 0.385. The minimum Gasteiger partial charge on any atom is -0.462 e. The summed E-state index contributed by atoms with van der Waals surface area (Å²) in [5.74, 6) is -0.431. The maximum atomic E-state index is 12.1. The van der Waals surface area contributed by atoms with Crippen LogP contribution in [0.4, 0.5) is 0 Å². The van der Waals surface area contributed by atoms with Gasteiger partial charge in [0.1, 0.15) is 0 Å². The number of esters is 1. The number of aliphatic hydroxyl groups is 1. The Morgan fingerprint density at radius 3 is 3.05 bits per heavy atom. The van der Waals surface area contributed by atoms with Gasteiger partial charge in [-0.25, -0.2) is 4.79 Å². The van der Waals surface area contributed by atoms with E-state index in [-0.39, 0.29) is 6.61 Å². The number of rotatable bonds is 5. The van der Waals surface area contributed by atoms with Gasteiger partial charge >= 0.3 is 5.97 Å². The first kappa shape index (κ1) is 15.0. The first-order valence-electron chi connectivity index (χ1n) is 6.19. The van der Waals surface area contributed by atoms with Crippen LogP contribution in [-0.4, -0.2) is 35.4 Å². The monoisotopic (exact) mass is 312 g/mol. The number of nitrogens with one attached hydrogen (secondary N) is 2. The first-order valence-corrected chi connectivity index (χ1v) is 7.54. The van der Waals surface area contributed by atoms with Gasteiger partial charge in [-0.1, -0.05) is 0 Å². The van der Waals surface area contributed by atoms with E-state index in [0.29, 0.717) is 29.4 Å². The third kappa shape index (κ3) is 3.56. The Morgan fingerprint density at radius 2 is 2.40 bits per heavy atom. The van der Waals surface area contributed by atoms with E-state index in [1.165, 1.54) is 0 Å². The Balaban J connectivity index is 1.96. The second kappa shape index (κ2) is 6.83. The summed E-state index contributed by atoms with van der Waals surface area (Å²) in [5.41, 5.74) is 2.16. The highest BCUT2D eigenvalue weighted by atomic mass is 32.1. The number of allylic oxidation sites excluding steroid dienone is 1. The number of carbonyl (C=O) groups is 1. The number of aliphatic hydroxyl groups excluding tert-OH is 1. The summed E-state index contributed by atoms with van der Waals surface area (Å²) in [6, 6.07) is 1.49. The van der Waals surface area contributed by atoms with E-state index in [1.54, 1.807) is 18.3 Å². The highest BCUT2D eigenvalue weighted by Gasteiger charge is 2.28. The molecule has 0 saturated carbocycles. The van der Waals surface area contributed by atoms with Crippen LogP contribution in [0.1, 0.15) is 12.5 Å². The molecule has 0 fully saturated rings.